The summed E-state index contributed by atoms with van der Waals surface area (Å²) in [7, 11) is 5.23. The number of anilines is 1. The Labute approximate surface area is 201 Å². The van der Waals surface area contributed by atoms with Crippen molar-refractivity contribution in [2.75, 3.05) is 39.7 Å². The van der Waals surface area contributed by atoms with Crippen molar-refractivity contribution in [3.63, 3.8) is 0 Å². The zero-order chi connectivity index (χ0) is 23.1. The molecule has 0 fully saturated rings. The van der Waals surface area contributed by atoms with E-state index in [9.17, 15) is 9.59 Å². The summed E-state index contributed by atoms with van der Waals surface area (Å²) in [6, 6.07) is 7.61. The average molecular weight is 475 g/mol. The number of benzene rings is 1. The van der Waals surface area contributed by atoms with E-state index < -0.39 is 0 Å². The van der Waals surface area contributed by atoms with Gasteiger partial charge in [-0.3, -0.25) is 14.5 Å². The lowest BCUT2D eigenvalue weighted by molar-refractivity contribution is -0.125. The van der Waals surface area contributed by atoms with Crippen molar-refractivity contribution < 1.29 is 19.1 Å². The minimum Gasteiger partial charge on any atom is -0.493 e. The van der Waals surface area contributed by atoms with Gasteiger partial charge < -0.3 is 19.7 Å². The minimum absolute atomic E-state index is 0. The van der Waals surface area contributed by atoms with Crippen LogP contribution in [-0.4, -0.2) is 61.0 Å². The van der Waals surface area contributed by atoms with E-state index in [1.807, 2.05) is 43.1 Å². The Morgan fingerprint density at radius 1 is 1.33 bits per heavy atom. The topological polar surface area (TPSA) is 84.0 Å². The number of pyridine rings is 1. The molecule has 1 aliphatic heterocycles. The average Bonchev–Trinajstić information content (AvgIpc) is 2.91. The summed E-state index contributed by atoms with van der Waals surface area (Å²) in [4.78, 5) is 32.4. The van der Waals surface area contributed by atoms with Crippen molar-refractivity contribution in [1.82, 2.24) is 14.8 Å². The lowest BCUT2D eigenvalue weighted by Gasteiger charge is -2.19. The number of ether oxygens (including phenoxy) is 2. The van der Waals surface area contributed by atoms with Crippen molar-refractivity contribution >= 4 is 36.1 Å². The van der Waals surface area contributed by atoms with Crippen molar-refractivity contribution in [3.05, 3.63) is 53.2 Å². The molecule has 0 unspecified atom stereocenters. The molecular weight excluding hydrogens is 444 g/mol. The molecular formula is C24H31ClN4O4. The standard InChI is InChI=1S/C24H30N4O4.ClH/c1-5-11-32-23-18(7-6-8-20(23)31-4)15-28(3)22(30)10-9-17-12-19-14-27(2)16-21(29)26-24(19)25-13-17;/h6-10,12-13H,5,11,14-16H2,1-4H3,(H,25,26,29);1H. The molecule has 1 N–H and O–H groups in total. The van der Waals surface area contributed by atoms with Gasteiger partial charge in [0.15, 0.2) is 11.5 Å². The molecule has 1 aromatic carbocycles. The van der Waals surface area contributed by atoms with Crippen LogP contribution in [0, 0.1) is 0 Å². The number of nitrogens with one attached hydrogen (secondary N) is 1. The van der Waals surface area contributed by atoms with E-state index in [0.29, 0.717) is 43.6 Å². The van der Waals surface area contributed by atoms with Crippen LogP contribution in [-0.2, 0) is 22.7 Å². The second-order valence-electron chi connectivity index (χ2n) is 7.82. The van der Waals surface area contributed by atoms with Gasteiger partial charge >= 0.3 is 0 Å². The molecule has 9 heteroatoms. The third-order valence-corrected chi connectivity index (χ3v) is 5.03. The SMILES string of the molecule is CCCOc1c(CN(C)C(=O)C=Cc2cnc3c(c2)CN(C)CC(=O)N3)cccc1OC.Cl. The molecule has 2 amide bonds. The molecule has 1 aliphatic rings. The number of nitrogens with zero attached hydrogens (tertiary/aromatic N) is 3. The lowest BCUT2D eigenvalue weighted by atomic mass is 10.1. The number of methoxy groups -OCH3 is 1. The fraction of sp³-hybridized carbons (Fsp3) is 0.375. The van der Waals surface area contributed by atoms with E-state index in [1.54, 1.807) is 31.3 Å². The number of carbonyl (C=O) groups excluding carboxylic acids is 2. The molecule has 3 rings (SSSR count). The van der Waals surface area contributed by atoms with Crippen LogP contribution in [0.25, 0.3) is 6.08 Å². The predicted molar refractivity (Wildman–Crippen MR) is 131 cm³/mol. The Kier molecular flexibility index (Phi) is 9.69. The molecule has 0 bridgehead atoms. The lowest BCUT2D eigenvalue weighted by Crippen LogP contribution is -2.26. The number of halogens is 1. The van der Waals surface area contributed by atoms with Gasteiger partial charge in [0.2, 0.25) is 11.8 Å². The molecule has 178 valence electrons. The minimum atomic E-state index is -0.144. The smallest absolute Gasteiger partial charge is 0.246 e. The molecule has 0 saturated heterocycles. The first-order valence-corrected chi connectivity index (χ1v) is 10.6. The number of amides is 2. The summed E-state index contributed by atoms with van der Waals surface area (Å²) < 4.78 is 11.3. The Balaban J connectivity index is 0.00000385. The first-order valence-electron chi connectivity index (χ1n) is 10.6. The van der Waals surface area contributed by atoms with Crippen LogP contribution in [0.2, 0.25) is 0 Å². The third kappa shape index (κ3) is 6.94. The fourth-order valence-corrected chi connectivity index (χ4v) is 3.46. The molecule has 0 radical (unpaired) electrons. The van der Waals surface area contributed by atoms with E-state index in [2.05, 4.69) is 10.3 Å². The largest absolute Gasteiger partial charge is 0.493 e. The highest BCUT2D eigenvalue weighted by Gasteiger charge is 2.18. The van der Waals surface area contributed by atoms with E-state index >= 15 is 0 Å². The van der Waals surface area contributed by atoms with Gasteiger partial charge in [-0.1, -0.05) is 19.1 Å². The summed E-state index contributed by atoms with van der Waals surface area (Å²) in [5.41, 5.74) is 2.59. The van der Waals surface area contributed by atoms with Gasteiger partial charge in [-0.15, -0.1) is 12.4 Å². The normalized spacial score (nSPS) is 13.5. The van der Waals surface area contributed by atoms with Crippen LogP contribution < -0.4 is 14.8 Å². The number of rotatable bonds is 8. The number of hydrogen-bond acceptors (Lipinski definition) is 6. The summed E-state index contributed by atoms with van der Waals surface area (Å²) in [6.45, 7) is 3.93. The molecule has 1 aromatic heterocycles. The Morgan fingerprint density at radius 2 is 2.12 bits per heavy atom. The van der Waals surface area contributed by atoms with Crippen molar-refractivity contribution in [2.24, 2.45) is 0 Å². The first-order chi connectivity index (χ1) is 15.4. The maximum absolute atomic E-state index is 12.7. The predicted octanol–water partition coefficient (Wildman–Crippen LogP) is 3.36. The molecule has 0 aliphatic carbocycles. The molecule has 0 saturated carbocycles. The summed E-state index contributed by atoms with van der Waals surface area (Å²) in [6.07, 6.45) is 5.78. The zero-order valence-electron chi connectivity index (χ0n) is 19.5. The Bertz CT molecular complexity index is 1010. The number of hydrogen-bond donors (Lipinski definition) is 1. The highest BCUT2D eigenvalue weighted by molar-refractivity contribution is 5.93. The number of para-hydroxylation sites is 1. The van der Waals surface area contributed by atoms with Gasteiger partial charge in [0.05, 0.1) is 20.3 Å². The number of carbonyl (C=O) groups is 2. The molecule has 2 heterocycles. The second kappa shape index (κ2) is 12.2. The summed E-state index contributed by atoms with van der Waals surface area (Å²) in [5.74, 6) is 1.66. The highest BCUT2D eigenvalue weighted by atomic mass is 35.5. The number of fused-ring (bicyclic) bond motifs is 1. The van der Waals surface area contributed by atoms with Crippen LogP contribution in [0.3, 0.4) is 0 Å². The van der Waals surface area contributed by atoms with Crippen LogP contribution in [0.4, 0.5) is 5.82 Å². The van der Waals surface area contributed by atoms with Gasteiger partial charge in [0.25, 0.3) is 0 Å². The molecule has 0 atom stereocenters. The Hall–Kier alpha value is -3.10. The zero-order valence-corrected chi connectivity index (χ0v) is 20.3. The molecule has 8 nitrogen and oxygen atoms in total. The quantitative estimate of drug-likeness (QED) is 0.591. The fourth-order valence-electron chi connectivity index (χ4n) is 3.46. The maximum Gasteiger partial charge on any atom is 0.246 e. The van der Waals surface area contributed by atoms with Crippen LogP contribution >= 0.6 is 12.4 Å². The van der Waals surface area contributed by atoms with Crippen molar-refractivity contribution in [3.8, 4) is 11.5 Å². The van der Waals surface area contributed by atoms with E-state index in [1.165, 1.54) is 6.08 Å². The second-order valence-corrected chi connectivity index (χ2v) is 7.82. The summed E-state index contributed by atoms with van der Waals surface area (Å²) >= 11 is 0. The first kappa shape index (κ1) is 26.2. The Morgan fingerprint density at radius 3 is 2.85 bits per heavy atom. The van der Waals surface area contributed by atoms with Gasteiger partial charge in [-0.05, 0) is 37.2 Å². The van der Waals surface area contributed by atoms with Crippen LogP contribution in [0.5, 0.6) is 11.5 Å². The van der Waals surface area contributed by atoms with Crippen LogP contribution in [0.1, 0.15) is 30.0 Å². The third-order valence-electron chi connectivity index (χ3n) is 5.03. The number of likely N-dealkylation sites (N-methyl/N-ethyl adjacent to an activating group) is 2. The monoisotopic (exact) mass is 474 g/mol. The summed E-state index contributed by atoms with van der Waals surface area (Å²) in [5, 5.41) is 2.81. The highest BCUT2D eigenvalue weighted by Crippen LogP contribution is 2.32. The van der Waals surface area contributed by atoms with Crippen molar-refractivity contribution in [1.29, 1.82) is 0 Å². The molecule has 33 heavy (non-hydrogen) atoms. The maximum atomic E-state index is 12.7. The molecule has 2 aromatic rings. The van der Waals surface area contributed by atoms with E-state index in [-0.39, 0.29) is 24.2 Å². The van der Waals surface area contributed by atoms with Gasteiger partial charge in [0, 0.05) is 43.5 Å². The van der Waals surface area contributed by atoms with E-state index in [4.69, 9.17) is 9.47 Å². The van der Waals surface area contributed by atoms with Gasteiger partial charge in [0.1, 0.15) is 5.82 Å². The number of aromatic nitrogens is 1. The van der Waals surface area contributed by atoms with Crippen molar-refractivity contribution in [2.45, 2.75) is 26.4 Å². The van der Waals surface area contributed by atoms with Crippen LogP contribution in [0.15, 0.2) is 36.5 Å². The molecule has 0 spiro atoms. The van der Waals surface area contributed by atoms with Gasteiger partial charge in [-0.25, -0.2) is 4.98 Å². The van der Waals surface area contributed by atoms with Gasteiger partial charge in [-0.2, -0.15) is 0 Å². The van der Waals surface area contributed by atoms with E-state index in [0.717, 1.165) is 23.1 Å².